The van der Waals surface area contributed by atoms with Crippen molar-refractivity contribution in [2.75, 3.05) is 52.8 Å². The monoisotopic (exact) mass is 409 g/mol. The Balaban J connectivity index is 1.59. The number of amides is 2. The maximum atomic E-state index is 12.6. The first kappa shape index (κ1) is 21.4. The van der Waals surface area contributed by atoms with Gasteiger partial charge in [-0.05, 0) is 49.5 Å². The normalized spacial score (nSPS) is 14.6. The van der Waals surface area contributed by atoms with Gasteiger partial charge in [0.1, 0.15) is 11.5 Å². The van der Waals surface area contributed by atoms with Crippen LogP contribution in [0.3, 0.4) is 0 Å². The average molecular weight is 409 g/mol. The molecule has 0 aliphatic carbocycles. The third-order valence-electron chi connectivity index (χ3n) is 5.04. The number of anilines is 1. The standard InChI is InChI=1S/C23H27N3O4/c1-25-12-14-26(15-13-25)23(28)18-4-8-19(9-5-18)24-22(27)11-7-17-6-10-20(29-2)16-21(17)30-3/h4-11,16H,12-15H2,1-3H3,(H,24,27)/b11-7+. The van der Waals surface area contributed by atoms with E-state index in [1.807, 2.05) is 11.0 Å². The molecule has 1 aliphatic heterocycles. The molecule has 158 valence electrons. The number of carbonyl (C=O) groups excluding carboxylic acids is 2. The molecule has 0 unspecified atom stereocenters. The summed E-state index contributed by atoms with van der Waals surface area (Å²) in [6, 6.07) is 12.3. The number of methoxy groups -OCH3 is 2. The Kier molecular flexibility index (Phi) is 7.08. The van der Waals surface area contributed by atoms with Gasteiger partial charge in [-0.25, -0.2) is 0 Å². The second-order valence-corrected chi connectivity index (χ2v) is 7.10. The van der Waals surface area contributed by atoms with Gasteiger partial charge in [-0.15, -0.1) is 0 Å². The van der Waals surface area contributed by atoms with Gasteiger partial charge >= 0.3 is 0 Å². The summed E-state index contributed by atoms with van der Waals surface area (Å²) in [5.74, 6) is 1.04. The minimum Gasteiger partial charge on any atom is -0.497 e. The summed E-state index contributed by atoms with van der Waals surface area (Å²) in [6.45, 7) is 3.22. The zero-order valence-corrected chi connectivity index (χ0v) is 17.6. The van der Waals surface area contributed by atoms with Crippen LogP contribution < -0.4 is 14.8 Å². The molecule has 2 aromatic carbocycles. The van der Waals surface area contributed by atoms with Crippen molar-refractivity contribution in [1.29, 1.82) is 0 Å². The highest BCUT2D eigenvalue weighted by molar-refractivity contribution is 6.02. The van der Waals surface area contributed by atoms with Crippen LogP contribution in [0.1, 0.15) is 15.9 Å². The minimum atomic E-state index is -0.272. The summed E-state index contributed by atoms with van der Waals surface area (Å²) >= 11 is 0. The van der Waals surface area contributed by atoms with E-state index >= 15 is 0 Å². The van der Waals surface area contributed by atoms with Crippen LogP contribution in [-0.2, 0) is 4.79 Å². The Morgan fingerprint density at radius 3 is 2.30 bits per heavy atom. The molecule has 1 N–H and O–H groups in total. The summed E-state index contributed by atoms with van der Waals surface area (Å²) in [5, 5.41) is 2.80. The maximum absolute atomic E-state index is 12.6. The fraction of sp³-hybridized carbons (Fsp3) is 0.304. The number of nitrogens with zero attached hydrogens (tertiary/aromatic N) is 2. The molecule has 1 aliphatic rings. The highest BCUT2D eigenvalue weighted by Crippen LogP contribution is 2.25. The van der Waals surface area contributed by atoms with Gasteiger partial charge in [-0.1, -0.05) is 0 Å². The lowest BCUT2D eigenvalue weighted by Gasteiger charge is -2.32. The van der Waals surface area contributed by atoms with Crippen LogP contribution in [0.4, 0.5) is 5.69 Å². The van der Waals surface area contributed by atoms with Crippen molar-refractivity contribution in [2.45, 2.75) is 0 Å². The topological polar surface area (TPSA) is 71.1 Å². The summed E-state index contributed by atoms with van der Waals surface area (Å²) < 4.78 is 10.5. The number of rotatable bonds is 6. The van der Waals surface area contributed by atoms with Gasteiger partial charge in [-0.2, -0.15) is 0 Å². The third kappa shape index (κ3) is 5.39. The van der Waals surface area contributed by atoms with E-state index < -0.39 is 0 Å². The lowest BCUT2D eigenvalue weighted by atomic mass is 10.1. The van der Waals surface area contributed by atoms with Gasteiger partial charge in [-0.3, -0.25) is 9.59 Å². The first-order valence-electron chi connectivity index (χ1n) is 9.79. The van der Waals surface area contributed by atoms with E-state index in [-0.39, 0.29) is 11.8 Å². The van der Waals surface area contributed by atoms with Gasteiger partial charge in [0.05, 0.1) is 14.2 Å². The van der Waals surface area contributed by atoms with E-state index in [1.54, 1.807) is 56.7 Å². The van der Waals surface area contributed by atoms with Crippen molar-refractivity contribution < 1.29 is 19.1 Å². The molecule has 1 fully saturated rings. The van der Waals surface area contributed by atoms with Crippen molar-refractivity contribution in [3.63, 3.8) is 0 Å². The van der Waals surface area contributed by atoms with Crippen LogP contribution in [-0.4, -0.2) is 69.1 Å². The fourth-order valence-electron chi connectivity index (χ4n) is 3.19. The molecule has 0 bridgehead atoms. The third-order valence-corrected chi connectivity index (χ3v) is 5.04. The molecule has 2 aromatic rings. The van der Waals surface area contributed by atoms with Gasteiger partial charge < -0.3 is 24.6 Å². The van der Waals surface area contributed by atoms with Crippen molar-refractivity contribution in [3.8, 4) is 11.5 Å². The first-order valence-corrected chi connectivity index (χ1v) is 9.79. The molecule has 7 nitrogen and oxygen atoms in total. The predicted molar refractivity (Wildman–Crippen MR) is 117 cm³/mol. The number of carbonyl (C=O) groups is 2. The second kappa shape index (κ2) is 9.93. The average Bonchev–Trinajstić information content (AvgIpc) is 2.78. The Labute approximate surface area is 176 Å². The van der Waals surface area contributed by atoms with Gasteiger partial charge in [0.25, 0.3) is 5.91 Å². The summed E-state index contributed by atoms with van der Waals surface area (Å²) in [6.07, 6.45) is 3.12. The number of hydrogen-bond acceptors (Lipinski definition) is 5. The number of benzene rings is 2. The maximum Gasteiger partial charge on any atom is 0.253 e. The molecule has 0 saturated carbocycles. The summed E-state index contributed by atoms with van der Waals surface area (Å²) in [5.41, 5.74) is 2.01. The molecule has 0 radical (unpaired) electrons. The second-order valence-electron chi connectivity index (χ2n) is 7.10. The Morgan fingerprint density at radius 1 is 0.967 bits per heavy atom. The Morgan fingerprint density at radius 2 is 1.67 bits per heavy atom. The van der Waals surface area contributed by atoms with Crippen LogP contribution in [0.5, 0.6) is 11.5 Å². The molecular formula is C23H27N3O4. The molecular weight excluding hydrogens is 382 g/mol. The molecule has 1 saturated heterocycles. The molecule has 2 amide bonds. The van der Waals surface area contributed by atoms with E-state index in [0.29, 0.717) is 22.7 Å². The predicted octanol–water partition coefficient (Wildman–Crippen LogP) is 2.74. The Bertz CT molecular complexity index is 917. The number of piperazine rings is 1. The van der Waals surface area contributed by atoms with E-state index in [9.17, 15) is 9.59 Å². The van der Waals surface area contributed by atoms with Gasteiger partial charge in [0, 0.05) is 55.1 Å². The van der Waals surface area contributed by atoms with Crippen molar-refractivity contribution >= 4 is 23.6 Å². The fourth-order valence-corrected chi connectivity index (χ4v) is 3.19. The first-order chi connectivity index (χ1) is 14.5. The number of likely N-dealkylation sites (N-methyl/N-ethyl adjacent to an activating group) is 1. The summed E-state index contributed by atoms with van der Waals surface area (Å²) in [7, 11) is 5.21. The van der Waals surface area contributed by atoms with Crippen LogP contribution in [0.15, 0.2) is 48.5 Å². The zero-order chi connectivity index (χ0) is 21.5. The SMILES string of the molecule is COc1ccc(/C=C/C(=O)Nc2ccc(C(=O)N3CCN(C)CC3)cc2)c(OC)c1. The van der Waals surface area contributed by atoms with Crippen molar-refractivity contribution in [1.82, 2.24) is 9.80 Å². The number of nitrogens with one attached hydrogen (secondary N) is 1. The summed E-state index contributed by atoms with van der Waals surface area (Å²) in [4.78, 5) is 28.9. The van der Waals surface area contributed by atoms with Crippen LogP contribution in [0.2, 0.25) is 0 Å². The van der Waals surface area contributed by atoms with Crippen LogP contribution >= 0.6 is 0 Å². The molecule has 1 heterocycles. The Hall–Kier alpha value is -3.32. The number of ether oxygens (including phenoxy) is 2. The van der Waals surface area contributed by atoms with Crippen LogP contribution in [0, 0.1) is 0 Å². The highest BCUT2D eigenvalue weighted by Gasteiger charge is 2.20. The zero-order valence-electron chi connectivity index (χ0n) is 17.6. The molecule has 0 atom stereocenters. The van der Waals surface area contributed by atoms with Gasteiger partial charge in [0.2, 0.25) is 5.91 Å². The van der Waals surface area contributed by atoms with Crippen LogP contribution in [0.25, 0.3) is 6.08 Å². The number of hydrogen-bond donors (Lipinski definition) is 1. The van der Waals surface area contributed by atoms with Gasteiger partial charge in [0.15, 0.2) is 0 Å². The largest absolute Gasteiger partial charge is 0.497 e. The molecule has 30 heavy (non-hydrogen) atoms. The molecule has 3 rings (SSSR count). The molecule has 0 aromatic heterocycles. The lowest BCUT2D eigenvalue weighted by Crippen LogP contribution is -2.47. The lowest BCUT2D eigenvalue weighted by molar-refractivity contribution is -0.111. The molecule has 0 spiro atoms. The molecule has 7 heteroatoms. The van der Waals surface area contributed by atoms with E-state index in [4.69, 9.17) is 9.47 Å². The van der Waals surface area contributed by atoms with Crippen molar-refractivity contribution in [2.24, 2.45) is 0 Å². The van der Waals surface area contributed by atoms with E-state index in [1.165, 1.54) is 6.08 Å². The van der Waals surface area contributed by atoms with E-state index in [2.05, 4.69) is 17.3 Å². The van der Waals surface area contributed by atoms with Crippen molar-refractivity contribution in [3.05, 3.63) is 59.7 Å². The smallest absolute Gasteiger partial charge is 0.253 e. The minimum absolute atomic E-state index is 0.0208. The quantitative estimate of drug-likeness (QED) is 0.743. The highest BCUT2D eigenvalue weighted by atomic mass is 16.5. The van der Waals surface area contributed by atoms with E-state index in [0.717, 1.165) is 31.7 Å².